The van der Waals surface area contributed by atoms with E-state index in [1.165, 1.54) is 11.3 Å². The summed E-state index contributed by atoms with van der Waals surface area (Å²) in [7, 11) is 0. The standard InChI is InChI=1S/C14H18N2O3S/c1-9-12(15-10(2)20-9)13(18)16-6-5-14(11(17)8-16)4-3-7-19-14/h3-8H2,1-2H3/t14-/m0/s1. The molecule has 1 aromatic rings. The summed E-state index contributed by atoms with van der Waals surface area (Å²) in [5.74, 6) is -0.0905. The molecule has 6 heteroatoms. The Morgan fingerprint density at radius 3 is 2.75 bits per heavy atom. The third-order valence-corrected chi connectivity index (χ3v) is 5.01. The lowest BCUT2D eigenvalue weighted by Gasteiger charge is -2.36. The average molecular weight is 294 g/mol. The van der Waals surface area contributed by atoms with Crippen LogP contribution in [-0.4, -0.2) is 46.9 Å². The van der Waals surface area contributed by atoms with Crippen molar-refractivity contribution in [3.05, 3.63) is 15.6 Å². The Hall–Kier alpha value is -1.27. The van der Waals surface area contributed by atoms with Gasteiger partial charge in [0.1, 0.15) is 11.3 Å². The SMILES string of the molecule is Cc1nc(C(=O)N2CC[C@@]3(CCCO3)C(=O)C2)c(C)s1. The molecule has 1 amide bonds. The van der Waals surface area contributed by atoms with Crippen LogP contribution in [-0.2, 0) is 9.53 Å². The minimum Gasteiger partial charge on any atom is -0.367 e. The molecule has 108 valence electrons. The number of amides is 1. The van der Waals surface area contributed by atoms with Crippen LogP contribution in [0, 0.1) is 13.8 Å². The molecule has 2 aliphatic rings. The van der Waals surface area contributed by atoms with Crippen molar-refractivity contribution < 1.29 is 14.3 Å². The number of thiazole rings is 1. The molecule has 20 heavy (non-hydrogen) atoms. The monoisotopic (exact) mass is 294 g/mol. The number of carbonyl (C=O) groups is 2. The van der Waals surface area contributed by atoms with Gasteiger partial charge in [0.15, 0.2) is 5.78 Å². The van der Waals surface area contributed by atoms with Crippen molar-refractivity contribution in [1.82, 2.24) is 9.88 Å². The van der Waals surface area contributed by atoms with Crippen molar-refractivity contribution >= 4 is 23.0 Å². The maximum atomic E-state index is 12.5. The summed E-state index contributed by atoms with van der Waals surface area (Å²) in [5, 5.41) is 0.879. The van der Waals surface area contributed by atoms with Gasteiger partial charge in [-0.05, 0) is 26.7 Å². The molecule has 2 fully saturated rings. The molecule has 0 N–H and O–H groups in total. The van der Waals surface area contributed by atoms with E-state index in [1.54, 1.807) is 4.90 Å². The van der Waals surface area contributed by atoms with Crippen molar-refractivity contribution in [1.29, 1.82) is 0 Å². The summed E-state index contributed by atoms with van der Waals surface area (Å²) in [6.45, 7) is 5.15. The summed E-state index contributed by atoms with van der Waals surface area (Å²) < 4.78 is 5.65. The van der Waals surface area contributed by atoms with Crippen LogP contribution in [0.1, 0.15) is 39.6 Å². The Labute approximate surface area is 121 Å². The maximum Gasteiger partial charge on any atom is 0.274 e. The minimum absolute atomic E-state index is 0.0409. The minimum atomic E-state index is -0.607. The van der Waals surface area contributed by atoms with E-state index in [-0.39, 0.29) is 18.2 Å². The van der Waals surface area contributed by atoms with E-state index in [1.807, 2.05) is 13.8 Å². The highest BCUT2D eigenvalue weighted by Gasteiger charge is 2.46. The fourth-order valence-corrected chi connectivity index (χ4v) is 3.83. The molecular weight excluding hydrogens is 276 g/mol. The van der Waals surface area contributed by atoms with Crippen LogP contribution >= 0.6 is 11.3 Å². The zero-order valence-corrected chi connectivity index (χ0v) is 12.6. The van der Waals surface area contributed by atoms with E-state index in [0.717, 1.165) is 22.7 Å². The van der Waals surface area contributed by atoms with Gasteiger partial charge in [-0.1, -0.05) is 0 Å². The lowest BCUT2D eigenvalue weighted by Crippen LogP contribution is -2.53. The predicted octanol–water partition coefficient (Wildman–Crippen LogP) is 1.72. The molecule has 0 unspecified atom stereocenters. The van der Waals surface area contributed by atoms with E-state index in [9.17, 15) is 9.59 Å². The van der Waals surface area contributed by atoms with E-state index in [0.29, 0.717) is 25.3 Å². The second-order valence-corrected chi connectivity index (χ2v) is 6.89. The number of piperidine rings is 1. The van der Waals surface area contributed by atoms with Crippen LogP contribution in [0.15, 0.2) is 0 Å². The third kappa shape index (κ3) is 2.16. The fourth-order valence-electron chi connectivity index (χ4n) is 3.02. The highest BCUT2D eigenvalue weighted by atomic mass is 32.1. The van der Waals surface area contributed by atoms with E-state index in [2.05, 4.69) is 4.98 Å². The number of Topliss-reactive ketones (excluding diaryl/α,β-unsaturated/α-hetero) is 1. The lowest BCUT2D eigenvalue weighted by atomic mass is 9.87. The molecule has 0 saturated carbocycles. The highest BCUT2D eigenvalue weighted by molar-refractivity contribution is 7.11. The molecule has 0 radical (unpaired) electrons. The number of aryl methyl sites for hydroxylation is 2. The molecule has 5 nitrogen and oxygen atoms in total. The Balaban J connectivity index is 1.75. The Morgan fingerprint density at radius 1 is 1.40 bits per heavy atom. The Kier molecular flexibility index (Phi) is 3.38. The number of hydrogen-bond acceptors (Lipinski definition) is 5. The van der Waals surface area contributed by atoms with Gasteiger partial charge in [0.05, 0.1) is 11.6 Å². The number of likely N-dealkylation sites (tertiary alicyclic amines) is 1. The van der Waals surface area contributed by atoms with Gasteiger partial charge in [0, 0.05) is 24.4 Å². The fraction of sp³-hybridized carbons (Fsp3) is 0.643. The number of rotatable bonds is 1. The number of carbonyl (C=O) groups excluding carboxylic acids is 2. The number of ether oxygens (including phenoxy) is 1. The van der Waals surface area contributed by atoms with Crippen LogP contribution in [0.5, 0.6) is 0 Å². The van der Waals surface area contributed by atoms with Gasteiger partial charge in [-0.2, -0.15) is 0 Å². The van der Waals surface area contributed by atoms with Crippen LogP contribution < -0.4 is 0 Å². The molecule has 1 spiro atoms. The zero-order valence-electron chi connectivity index (χ0n) is 11.8. The first kappa shape index (κ1) is 13.7. The van der Waals surface area contributed by atoms with E-state index >= 15 is 0 Å². The van der Waals surface area contributed by atoms with Gasteiger partial charge in [0.25, 0.3) is 5.91 Å². The molecule has 2 saturated heterocycles. The quantitative estimate of drug-likeness (QED) is 0.791. The Bertz CT molecular complexity index is 561. The van der Waals surface area contributed by atoms with Gasteiger partial charge in [-0.15, -0.1) is 11.3 Å². The van der Waals surface area contributed by atoms with Crippen LogP contribution in [0.4, 0.5) is 0 Å². The van der Waals surface area contributed by atoms with Crippen LogP contribution in [0.25, 0.3) is 0 Å². The van der Waals surface area contributed by atoms with Gasteiger partial charge in [0.2, 0.25) is 0 Å². The predicted molar refractivity (Wildman–Crippen MR) is 75.0 cm³/mol. The number of nitrogens with zero attached hydrogens (tertiary/aromatic N) is 2. The van der Waals surface area contributed by atoms with E-state index < -0.39 is 5.60 Å². The molecule has 1 aromatic heterocycles. The summed E-state index contributed by atoms with van der Waals surface area (Å²) in [4.78, 5) is 31.6. The smallest absolute Gasteiger partial charge is 0.274 e. The summed E-state index contributed by atoms with van der Waals surface area (Å²) >= 11 is 1.51. The average Bonchev–Trinajstić information content (AvgIpc) is 3.00. The lowest BCUT2D eigenvalue weighted by molar-refractivity contribution is -0.144. The molecule has 3 rings (SSSR count). The first-order valence-electron chi connectivity index (χ1n) is 6.92. The molecule has 3 heterocycles. The van der Waals surface area contributed by atoms with Gasteiger partial charge in [-0.3, -0.25) is 9.59 Å². The normalized spacial score (nSPS) is 26.5. The number of hydrogen-bond donors (Lipinski definition) is 0. The summed E-state index contributed by atoms with van der Waals surface area (Å²) in [6.07, 6.45) is 2.34. The van der Waals surface area contributed by atoms with Crippen molar-refractivity contribution in [2.75, 3.05) is 19.7 Å². The largest absolute Gasteiger partial charge is 0.367 e. The summed E-state index contributed by atoms with van der Waals surface area (Å²) in [6, 6.07) is 0. The number of aromatic nitrogens is 1. The Morgan fingerprint density at radius 2 is 2.20 bits per heavy atom. The van der Waals surface area contributed by atoms with Crippen molar-refractivity contribution in [2.24, 2.45) is 0 Å². The molecule has 0 bridgehead atoms. The second-order valence-electron chi connectivity index (χ2n) is 5.48. The van der Waals surface area contributed by atoms with Gasteiger partial charge < -0.3 is 9.64 Å². The first-order chi connectivity index (χ1) is 9.52. The number of ketones is 1. The van der Waals surface area contributed by atoms with Gasteiger partial charge >= 0.3 is 0 Å². The van der Waals surface area contributed by atoms with Crippen LogP contribution in [0.3, 0.4) is 0 Å². The molecule has 0 aromatic carbocycles. The zero-order chi connectivity index (χ0) is 14.3. The van der Waals surface area contributed by atoms with Crippen molar-refractivity contribution in [3.63, 3.8) is 0 Å². The second kappa shape index (κ2) is 4.93. The highest BCUT2D eigenvalue weighted by Crippen LogP contribution is 2.34. The molecule has 0 aliphatic carbocycles. The van der Waals surface area contributed by atoms with Crippen molar-refractivity contribution in [2.45, 2.75) is 38.7 Å². The van der Waals surface area contributed by atoms with E-state index in [4.69, 9.17) is 4.74 Å². The van der Waals surface area contributed by atoms with Gasteiger partial charge in [-0.25, -0.2) is 4.98 Å². The molecular formula is C14H18N2O3S. The maximum absolute atomic E-state index is 12.5. The first-order valence-corrected chi connectivity index (χ1v) is 7.74. The molecule has 1 atom stereocenters. The third-order valence-electron chi connectivity index (χ3n) is 4.12. The van der Waals surface area contributed by atoms with Crippen molar-refractivity contribution in [3.8, 4) is 0 Å². The summed E-state index contributed by atoms with van der Waals surface area (Å²) in [5.41, 5.74) is -0.118. The topological polar surface area (TPSA) is 59.5 Å². The molecule has 2 aliphatic heterocycles. The van der Waals surface area contributed by atoms with Crippen LogP contribution in [0.2, 0.25) is 0 Å².